The number of aromatic nitrogens is 1. The summed E-state index contributed by atoms with van der Waals surface area (Å²) in [5.41, 5.74) is 0.737. The van der Waals surface area contributed by atoms with Crippen LogP contribution in [0.5, 0.6) is 0 Å². The maximum Gasteiger partial charge on any atom is 0.335 e. The van der Waals surface area contributed by atoms with Gasteiger partial charge in [0.25, 0.3) is 0 Å². The highest BCUT2D eigenvalue weighted by Gasteiger charge is 2.14. The van der Waals surface area contributed by atoms with Crippen molar-refractivity contribution < 1.29 is 14.7 Å². The molecule has 0 atom stereocenters. The second-order valence-electron chi connectivity index (χ2n) is 4.17. The Bertz CT molecular complexity index is 667. The molecule has 0 aliphatic rings. The molecule has 0 fully saturated rings. The Labute approximate surface area is 130 Å². The Hall–Kier alpha value is -2.11. The first-order valence-corrected chi connectivity index (χ1v) is 6.65. The van der Waals surface area contributed by atoms with E-state index in [1.54, 1.807) is 24.4 Å². The maximum atomic E-state index is 11.9. The number of halogens is 2. The summed E-state index contributed by atoms with van der Waals surface area (Å²) in [7, 11) is 0. The molecular weight excluding hydrogens is 315 g/mol. The fourth-order valence-electron chi connectivity index (χ4n) is 1.67. The van der Waals surface area contributed by atoms with Crippen LogP contribution in [0.25, 0.3) is 0 Å². The summed E-state index contributed by atoms with van der Waals surface area (Å²) in [6.07, 6.45) is 1.65. The molecule has 0 saturated carbocycles. The molecule has 1 aromatic carbocycles. The molecule has 0 aliphatic carbocycles. The zero-order chi connectivity index (χ0) is 15.4. The highest BCUT2D eigenvalue weighted by molar-refractivity contribution is 6.40. The minimum Gasteiger partial charge on any atom is -0.478 e. The summed E-state index contributed by atoms with van der Waals surface area (Å²) < 4.78 is 0. The lowest BCUT2D eigenvalue weighted by Gasteiger charge is -2.10. The van der Waals surface area contributed by atoms with Gasteiger partial charge in [0.05, 0.1) is 27.7 Å². The number of anilines is 1. The van der Waals surface area contributed by atoms with Gasteiger partial charge in [-0.2, -0.15) is 0 Å². The lowest BCUT2D eigenvalue weighted by molar-refractivity contribution is -0.115. The van der Waals surface area contributed by atoms with Crippen LogP contribution >= 0.6 is 23.2 Å². The quantitative estimate of drug-likeness (QED) is 0.904. The number of nitrogens with one attached hydrogen (secondary N) is 1. The van der Waals surface area contributed by atoms with E-state index in [2.05, 4.69) is 10.3 Å². The number of nitrogens with zero attached hydrogens (tertiary/aromatic N) is 1. The van der Waals surface area contributed by atoms with E-state index in [0.717, 1.165) is 0 Å². The molecule has 2 rings (SSSR count). The summed E-state index contributed by atoms with van der Waals surface area (Å²) in [5, 5.41) is 11.6. The minimum atomic E-state index is -1.15. The Kier molecular flexibility index (Phi) is 4.77. The molecule has 1 amide bonds. The summed E-state index contributed by atoms with van der Waals surface area (Å²) in [6, 6.07) is 7.70. The molecule has 7 heteroatoms. The van der Waals surface area contributed by atoms with Gasteiger partial charge < -0.3 is 10.4 Å². The topological polar surface area (TPSA) is 79.3 Å². The molecule has 1 aromatic heterocycles. The Morgan fingerprint density at radius 2 is 1.86 bits per heavy atom. The number of hydrogen-bond acceptors (Lipinski definition) is 3. The number of carboxylic acids is 1. The number of rotatable bonds is 4. The molecule has 5 nitrogen and oxygen atoms in total. The van der Waals surface area contributed by atoms with Crippen LogP contribution in [0, 0.1) is 0 Å². The highest BCUT2D eigenvalue weighted by atomic mass is 35.5. The van der Waals surface area contributed by atoms with E-state index >= 15 is 0 Å². The van der Waals surface area contributed by atoms with Gasteiger partial charge in [0, 0.05) is 11.9 Å². The SMILES string of the molecule is O=C(Cc1ccccn1)Nc1c(Cl)cc(C(=O)O)cc1Cl. The van der Waals surface area contributed by atoms with Crippen molar-refractivity contribution in [3.8, 4) is 0 Å². The molecule has 21 heavy (non-hydrogen) atoms. The Balaban J connectivity index is 2.16. The third kappa shape index (κ3) is 3.93. The van der Waals surface area contributed by atoms with Crippen LogP contribution in [-0.2, 0) is 11.2 Å². The minimum absolute atomic E-state index is 0.0484. The van der Waals surface area contributed by atoms with Gasteiger partial charge in [-0.3, -0.25) is 9.78 Å². The Morgan fingerprint density at radius 3 is 2.38 bits per heavy atom. The number of aromatic carboxylic acids is 1. The summed E-state index contributed by atoms with van der Waals surface area (Å²) >= 11 is 11.9. The standard InChI is InChI=1S/C14H10Cl2N2O3/c15-10-5-8(14(20)21)6-11(16)13(10)18-12(19)7-9-3-1-2-4-17-9/h1-6H,7H2,(H,18,19)(H,20,21). The normalized spacial score (nSPS) is 10.2. The summed E-state index contributed by atoms with van der Waals surface area (Å²) in [5.74, 6) is -1.49. The van der Waals surface area contributed by atoms with E-state index < -0.39 is 5.97 Å². The van der Waals surface area contributed by atoms with Crippen molar-refractivity contribution in [1.29, 1.82) is 0 Å². The van der Waals surface area contributed by atoms with Crippen molar-refractivity contribution in [2.24, 2.45) is 0 Å². The van der Waals surface area contributed by atoms with E-state index in [0.29, 0.717) is 5.69 Å². The molecule has 0 unspecified atom stereocenters. The molecule has 0 spiro atoms. The van der Waals surface area contributed by atoms with Crippen LogP contribution in [-0.4, -0.2) is 22.0 Å². The van der Waals surface area contributed by atoms with Crippen molar-refractivity contribution in [1.82, 2.24) is 4.98 Å². The van der Waals surface area contributed by atoms with Gasteiger partial charge in [-0.15, -0.1) is 0 Å². The van der Waals surface area contributed by atoms with Crippen LogP contribution < -0.4 is 5.32 Å². The van der Waals surface area contributed by atoms with Gasteiger partial charge in [0.2, 0.25) is 5.91 Å². The second kappa shape index (κ2) is 6.56. The summed E-state index contributed by atoms with van der Waals surface area (Å²) in [6.45, 7) is 0. The van der Waals surface area contributed by atoms with Crippen LogP contribution in [0.3, 0.4) is 0 Å². The molecule has 1 heterocycles. The molecule has 0 radical (unpaired) electrons. The van der Waals surface area contributed by atoms with E-state index in [9.17, 15) is 9.59 Å². The number of hydrogen-bond donors (Lipinski definition) is 2. The van der Waals surface area contributed by atoms with Gasteiger partial charge in [-0.25, -0.2) is 4.79 Å². The number of carbonyl (C=O) groups excluding carboxylic acids is 1. The zero-order valence-electron chi connectivity index (χ0n) is 10.6. The molecule has 0 aliphatic heterocycles. The smallest absolute Gasteiger partial charge is 0.335 e. The lowest BCUT2D eigenvalue weighted by Crippen LogP contribution is -2.16. The maximum absolute atomic E-state index is 11.9. The molecular formula is C14H10Cl2N2O3. The average molecular weight is 325 g/mol. The first-order valence-electron chi connectivity index (χ1n) is 5.89. The number of amides is 1. The predicted octanol–water partition coefficient (Wildman–Crippen LogP) is 3.27. The van der Waals surface area contributed by atoms with E-state index in [4.69, 9.17) is 28.3 Å². The molecule has 108 valence electrons. The molecule has 0 saturated heterocycles. The van der Waals surface area contributed by atoms with Gasteiger partial charge in [0.15, 0.2) is 0 Å². The molecule has 2 N–H and O–H groups in total. The van der Waals surface area contributed by atoms with Crippen LogP contribution in [0.15, 0.2) is 36.5 Å². The third-order valence-electron chi connectivity index (χ3n) is 2.62. The van der Waals surface area contributed by atoms with Crippen LogP contribution in [0.2, 0.25) is 10.0 Å². The fourth-order valence-corrected chi connectivity index (χ4v) is 2.25. The molecule has 0 bridgehead atoms. The summed E-state index contributed by atoms with van der Waals surface area (Å²) in [4.78, 5) is 26.8. The van der Waals surface area contributed by atoms with Gasteiger partial charge in [0.1, 0.15) is 0 Å². The van der Waals surface area contributed by atoms with Crippen molar-refractivity contribution in [3.05, 3.63) is 57.8 Å². The Morgan fingerprint density at radius 1 is 1.19 bits per heavy atom. The zero-order valence-corrected chi connectivity index (χ0v) is 12.1. The highest BCUT2D eigenvalue weighted by Crippen LogP contribution is 2.32. The van der Waals surface area contributed by atoms with Crippen molar-refractivity contribution in [3.63, 3.8) is 0 Å². The van der Waals surface area contributed by atoms with Gasteiger partial charge >= 0.3 is 5.97 Å². The fraction of sp³-hybridized carbons (Fsp3) is 0.0714. The monoisotopic (exact) mass is 324 g/mol. The lowest BCUT2D eigenvalue weighted by atomic mass is 10.2. The van der Waals surface area contributed by atoms with Crippen molar-refractivity contribution in [2.45, 2.75) is 6.42 Å². The second-order valence-corrected chi connectivity index (χ2v) is 4.98. The third-order valence-corrected chi connectivity index (χ3v) is 3.22. The van der Waals surface area contributed by atoms with Gasteiger partial charge in [-0.1, -0.05) is 29.3 Å². The van der Waals surface area contributed by atoms with E-state index in [-0.39, 0.29) is 33.6 Å². The number of carbonyl (C=O) groups is 2. The number of carboxylic acid groups (broad SMARTS) is 1. The van der Waals surface area contributed by atoms with Crippen LogP contribution in [0.1, 0.15) is 16.1 Å². The molecule has 2 aromatic rings. The number of pyridine rings is 1. The predicted molar refractivity (Wildman–Crippen MR) is 80.0 cm³/mol. The average Bonchev–Trinajstić information content (AvgIpc) is 2.43. The van der Waals surface area contributed by atoms with Crippen molar-refractivity contribution >= 4 is 40.8 Å². The van der Waals surface area contributed by atoms with Gasteiger partial charge in [-0.05, 0) is 24.3 Å². The first kappa shape index (κ1) is 15.3. The van der Waals surface area contributed by atoms with E-state index in [1.807, 2.05) is 0 Å². The van der Waals surface area contributed by atoms with Crippen molar-refractivity contribution in [2.75, 3.05) is 5.32 Å². The van der Waals surface area contributed by atoms with E-state index in [1.165, 1.54) is 12.1 Å². The number of benzene rings is 1. The largest absolute Gasteiger partial charge is 0.478 e. The first-order chi connectivity index (χ1) is 9.97. The van der Waals surface area contributed by atoms with Crippen LogP contribution in [0.4, 0.5) is 5.69 Å².